The van der Waals surface area contributed by atoms with Gasteiger partial charge in [0.2, 0.25) is 0 Å². The number of nitrogens with zero attached hydrogens (tertiary/aromatic N) is 2. The summed E-state index contributed by atoms with van der Waals surface area (Å²) in [7, 11) is 2.24. The lowest BCUT2D eigenvalue weighted by molar-refractivity contribution is -0.0204. The van der Waals surface area contributed by atoms with Gasteiger partial charge in [0.05, 0.1) is 12.2 Å². The standard InChI is InChI=1S/C19H38N2O/c1-16(2)22-19-10-8-18(9-11-19)7-5-6-12-21-14-13-20(4)15-17(21)3/h16-19H,5-15H2,1-4H3/t17-,18?,19?/m0/s1. The molecule has 0 bridgehead atoms. The Bertz CT molecular complexity index is 300. The van der Waals surface area contributed by atoms with Crippen LogP contribution in [0, 0.1) is 5.92 Å². The van der Waals surface area contributed by atoms with E-state index < -0.39 is 0 Å². The Morgan fingerprint density at radius 2 is 1.77 bits per heavy atom. The van der Waals surface area contributed by atoms with Crippen molar-refractivity contribution in [1.82, 2.24) is 9.80 Å². The molecule has 1 atom stereocenters. The summed E-state index contributed by atoms with van der Waals surface area (Å²) in [5.74, 6) is 0.969. The maximum atomic E-state index is 5.95. The number of hydrogen-bond acceptors (Lipinski definition) is 3. The van der Waals surface area contributed by atoms with Gasteiger partial charge < -0.3 is 9.64 Å². The summed E-state index contributed by atoms with van der Waals surface area (Å²) < 4.78 is 5.95. The lowest BCUT2D eigenvalue weighted by Gasteiger charge is -2.38. The zero-order valence-electron chi connectivity index (χ0n) is 15.4. The van der Waals surface area contributed by atoms with Crippen molar-refractivity contribution < 1.29 is 4.74 Å². The highest BCUT2D eigenvalue weighted by Gasteiger charge is 2.23. The van der Waals surface area contributed by atoms with Gasteiger partial charge in [-0.1, -0.05) is 12.8 Å². The maximum absolute atomic E-state index is 5.95. The van der Waals surface area contributed by atoms with E-state index in [9.17, 15) is 0 Å². The van der Waals surface area contributed by atoms with E-state index in [4.69, 9.17) is 4.74 Å². The minimum Gasteiger partial charge on any atom is -0.376 e. The summed E-state index contributed by atoms with van der Waals surface area (Å²) in [5, 5.41) is 0. The number of unbranched alkanes of at least 4 members (excludes halogenated alkanes) is 1. The SMILES string of the molecule is CC(C)OC1CCC(CCCCN2CCN(C)C[C@@H]2C)CC1. The number of piperazine rings is 1. The summed E-state index contributed by atoms with van der Waals surface area (Å²) in [4.78, 5) is 5.15. The average molecular weight is 311 g/mol. The lowest BCUT2D eigenvalue weighted by atomic mass is 9.84. The highest BCUT2D eigenvalue weighted by atomic mass is 16.5. The van der Waals surface area contributed by atoms with Gasteiger partial charge in [-0.3, -0.25) is 4.90 Å². The number of hydrogen-bond donors (Lipinski definition) is 0. The molecule has 0 aromatic heterocycles. The molecule has 0 amide bonds. The molecular formula is C19H38N2O. The van der Waals surface area contributed by atoms with Crippen molar-refractivity contribution in [2.75, 3.05) is 33.2 Å². The molecule has 2 aliphatic rings. The Morgan fingerprint density at radius 3 is 2.41 bits per heavy atom. The Labute approximate surface area is 138 Å². The highest BCUT2D eigenvalue weighted by molar-refractivity contribution is 4.78. The van der Waals surface area contributed by atoms with Gasteiger partial charge in [-0.15, -0.1) is 0 Å². The van der Waals surface area contributed by atoms with E-state index in [0.29, 0.717) is 12.2 Å². The van der Waals surface area contributed by atoms with Crippen LogP contribution in [0.4, 0.5) is 0 Å². The van der Waals surface area contributed by atoms with Crippen molar-refractivity contribution in [2.24, 2.45) is 5.92 Å². The zero-order chi connectivity index (χ0) is 15.9. The minimum absolute atomic E-state index is 0.395. The molecule has 130 valence electrons. The van der Waals surface area contributed by atoms with Crippen molar-refractivity contribution in [3.8, 4) is 0 Å². The first-order valence-electron chi connectivity index (χ1n) is 9.62. The van der Waals surface area contributed by atoms with Gasteiger partial charge in [-0.2, -0.15) is 0 Å². The minimum atomic E-state index is 0.395. The van der Waals surface area contributed by atoms with Crippen LogP contribution in [0.1, 0.15) is 65.7 Å². The van der Waals surface area contributed by atoms with E-state index in [1.54, 1.807) is 0 Å². The molecule has 0 aromatic rings. The zero-order valence-corrected chi connectivity index (χ0v) is 15.4. The van der Waals surface area contributed by atoms with Crippen LogP contribution < -0.4 is 0 Å². The topological polar surface area (TPSA) is 15.7 Å². The van der Waals surface area contributed by atoms with Crippen LogP contribution in [0.5, 0.6) is 0 Å². The summed E-state index contributed by atoms with van der Waals surface area (Å²) in [5.41, 5.74) is 0. The van der Waals surface area contributed by atoms with E-state index in [2.05, 4.69) is 37.6 Å². The molecule has 0 radical (unpaired) electrons. The molecule has 0 spiro atoms. The van der Waals surface area contributed by atoms with Crippen molar-refractivity contribution in [3.63, 3.8) is 0 Å². The first kappa shape index (κ1) is 18.2. The molecule has 1 aliphatic carbocycles. The van der Waals surface area contributed by atoms with Crippen LogP contribution in [-0.2, 0) is 4.74 Å². The Kier molecular flexibility index (Phi) is 7.66. The molecule has 1 aliphatic heterocycles. The van der Waals surface area contributed by atoms with Crippen LogP contribution in [0.25, 0.3) is 0 Å². The molecule has 22 heavy (non-hydrogen) atoms. The second kappa shape index (κ2) is 9.24. The van der Waals surface area contributed by atoms with Crippen molar-refractivity contribution >= 4 is 0 Å². The van der Waals surface area contributed by atoms with E-state index >= 15 is 0 Å². The van der Waals surface area contributed by atoms with Crippen LogP contribution in [-0.4, -0.2) is 61.3 Å². The Morgan fingerprint density at radius 1 is 1.05 bits per heavy atom. The smallest absolute Gasteiger partial charge is 0.0578 e. The van der Waals surface area contributed by atoms with E-state index in [1.165, 1.54) is 71.1 Å². The fourth-order valence-electron chi connectivity index (χ4n) is 4.20. The highest BCUT2D eigenvalue weighted by Crippen LogP contribution is 2.30. The monoisotopic (exact) mass is 310 g/mol. The number of likely N-dealkylation sites (N-methyl/N-ethyl adjacent to an activating group) is 1. The van der Waals surface area contributed by atoms with Gasteiger partial charge in [-0.25, -0.2) is 0 Å². The number of rotatable bonds is 7. The van der Waals surface area contributed by atoms with E-state index in [-0.39, 0.29) is 0 Å². The quantitative estimate of drug-likeness (QED) is 0.666. The van der Waals surface area contributed by atoms with E-state index in [1.807, 2.05) is 0 Å². The van der Waals surface area contributed by atoms with Crippen LogP contribution in [0.2, 0.25) is 0 Å². The molecule has 1 saturated carbocycles. The molecule has 0 aromatic carbocycles. The molecule has 0 N–H and O–H groups in total. The fourth-order valence-corrected chi connectivity index (χ4v) is 4.20. The molecule has 2 rings (SSSR count). The molecular weight excluding hydrogens is 272 g/mol. The number of ether oxygens (including phenoxy) is 1. The summed E-state index contributed by atoms with van der Waals surface area (Å²) in [6.07, 6.45) is 10.5. The summed E-state index contributed by atoms with van der Waals surface area (Å²) >= 11 is 0. The molecule has 2 fully saturated rings. The van der Waals surface area contributed by atoms with Gasteiger partial charge in [0.1, 0.15) is 0 Å². The average Bonchev–Trinajstić information content (AvgIpc) is 2.46. The Balaban J connectivity index is 1.53. The van der Waals surface area contributed by atoms with Gasteiger partial charge in [0.15, 0.2) is 0 Å². The second-order valence-corrected chi connectivity index (χ2v) is 7.97. The third kappa shape index (κ3) is 6.17. The normalized spacial score (nSPS) is 31.8. The van der Waals surface area contributed by atoms with E-state index in [0.717, 1.165) is 12.0 Å². The predicted octanol–water partition coefficient (Wildman–Crippen LogP) is 3.78. The van der Waals surface area contributed by atoms with Gasteiger partial charge in [0, 0.05) is 25.7 Å². The Hall–Kier alpha value is -0.120. The third-order valence-corrected chi connectivity index (χ3v) is 5.53. The van der Waals surface area contributed by atoms with Crippen molar-refractivity contribution in [2.45, 2.75) is 84.0 Å². The van der Waals surface area contributed by atoms with Crippen molar-refractivity contribution in [1.29, 1.82) is 0 Å². The third-order valence-electron chi connectivity index (χ3n) is 5.53. The van der Waals surface area contributed by atoms with Crippen LogP contribution >= 0.6 is 0 Å². The molecule has 3 heteroatoms. The van der Waals surface area contributed by atoms with Gasteiger partial charge >= 0.3 is 0 Å². The van der Waals surface area contributed by atoms with Crippen LogP contribution in [0.15, 0.2) is 0 Å². The maximum Gasteiger partial charge on any atom is 0.0578 e. The molecule has 0 unspecified atom stereocenters. The molecule has 3 nitrogen and oxygen atoms in total. The molecule has 1 saturated heterocycles. The largest absolute Gasteiger partial charge is 0.376 e. The lowest BCUT2D eigenvalue weighted by Crippen LogP contribution is -2.50. The van der Waals surface area contributed by atoms with Crippen LogP contribution in [0.3, 0.4) is 0 Å². The first-order chi connectivity index (χ1) is 10.5. The summed E-state index contributed by atoms with van der Waals surface area (Å²) in [6.45, 7) is 11.7. The first-order valence-corrected chi connectivity index (χ1v) is 9.62. The second-order valence-electron chi connectivity index (χ2n) is 7.97. The predicted molar refractivity (Wildman–Crippen MR) is 94.4 cm³/mol. The summed E-state index contributed by atoms with van der Waals surface area (Å²) in [6, 6.07) is 0.738. The van der Waals surface area contributed by atoms with Gasteiger partial charge in [0.25, 0.3) is 0 Å². The fraction of sp³-hybridized carbons (Fsp3) is 1.00. The molecule has 1 heterocycles. The van der Waals surface area contributed by atoms with Gasteiger partial charge in [-0.05, 0) is 72.4 Å². The van der Waals surface area contributed by atoms with Crippen molar-refractivity contribution in [3.05, 3.63) is 0 Å².